The predicted molar refractivity (Wildman–Crippen MR) is 61.9 cm³/mol. The third-order valence-electron chi connectivity index (χ3n) is 2.61. The van der Waals surface area contributed by atoms with Crippen molar-refractivity contribution in [1.29, 1.82) is 0 Å². The molecular weight excluding hydrogens is 192 g/mol. The van der Waals surface area contributed by atoms with Crippen LogP contribution in [-0.2, 0) is 6.42 Å². The van der Waals surface area contributed by atoms with Gasteiger partial charge in [-0.15, -0.1) is 11.3 Å². The molecule has 1 aromatic heterocycles. The van der Waals surface area contributed by atoms with Crippen molar-refractivity contribution >= 4 is 11.3 Å². The van der Waals surface area contributed by atoms with Crippen molar-refractivity contribution in [2.24, 2.45) is 0 Å². The van der Waals surface area contributed by atoms with Crippen LogP contribution in [0.4, 0.5) is 0 Å². The largest absolute Gasteiger partial charge is 0.313 e. The third kappa shape index (κ3) is 2.16. The lowest BCUT2D eigenvalue weighted by Gasteiger charge is -2.25. The number of nitrogens with one attached hydrogen (secondary N) is 2. The second kappa shape index (κ2) is 4.43. The van der Waals surface area contributed by atoms with Crippen molar-refractivity contribution in [3.05, 3.63) is 21.9 Å². The van der Waals surface area contributed by atoms with Crippen LogP contribution in [0, 0.1) is 0 Å². The van der Waals surface area contributed by atoms with Crippen LogP contribution in [0.5, 0.6) is 0 Å². The molecule has 78 valence electrons. The van der Waals surface area contributed by atoms with Gasteiger partial charge in [-0.25, -0.2) is 0 Å². The monoisotopic (exact) mass is 210 g/mol. The minimum atomic E-state index is 0.529. The fourth-order valence-electron chi connectivity index (χ4n) is 1.85. The first-order valence-electron chi connectivity index (χ1n) is 5.30. The molecule has 0 aliphatic carbocycles. The molecular formula is C11H18N2S. The van der Waals surface area contributed by atoms with Crippen LogP contribution in [0.3, 0.4) is 0 Å². The van der Waals surface area contributed by atoms with Gasteiger partial charge < -0.3 is 10.6 Å². The molecule has 0 amide bonds. The summed E-state index contributed by atoms with van der Waals surface area (Å²) in [5.74, 6) is 0. The van der Waals surface area contributed by atoms with Crippen LogP contribution in [0.2, 0.25) is 0 Å². The summed E-state index contributed by atoms with van der Waals surface area (Å²) in [5.41, 5.74) is 1.55. The first kappa shape index (κ1) is 10.1. The first-order valence-corrected chi connectivity index (χ1v) is 6.18. The molecule has 1 aliphatic heterocycles. The van der Waals surface area contributed by atoms with E-state index in [0.717, 1.165) is 13.1 Å². The highest BCUT2D eigenvalue weighted by molar-refractivity contribution is 7.10. The van der Waals surface area contributed by atoms with Gasteiger partial charge in [0.05, 0.1) is 6.04 Å². The van der Waals surface area contributed by atoms with E-state index < -0.39 is 0 Å². The van der Waals surface area contributed by atoms with Crippen molar-refractivity contribution in [3.63, 3.8) is 0 Å². The molecule has 0 saturated carbocycles. The van der Waals surface area contributed by atoms with Crippen LogP contribution in [-0.4, -0.2) is 19.1 Å². The van der Waals surface area contributed by atoms with E-state index in [-0.39, 0.29) is 0 Å². The Balaban J connectivity index is 2.01. The highest BCUT2D eigenvalue weighted by atomic mass is 32.1. The van der Waals surface area contributed by atoms with Gasteiger partial charge in [0, 0.05) is 17.5 Å². The minimum Gasteiger partial charge on any atom is -0.313 e. The molecule has 2 nitrogen and oxygen atoms in total. The van der Waals surface area contributed by atoms with Crippen LogP contribution in [0.1, 0.15) is 30.3 Å². The van der Waals surface area contributed by atoms with Gasteiger partial charge in [0.1, 0.15) is 0 Å². The van der Waals surface area contributed by atoms with Crippen LogP contribution in [0.25, 0.3) is 0 Å². The van der Waals surface area contributed by atoms with Crippen LogP contribution in [0.15, 0.2) is 11.4 Å². The maximum atomic E-state index is 3.56. The minimum absolute atomic E-state index is 0.529. The highest BCUT2D eigenvalue weighted by Crippen LogP contribution is 2.27. The predicted octanol–water partition coefficient (Wildman–Crippen LogP) is 1.93. The van der Waals surface area contributed by atoms with E-state index >= 15 is 0 Å². The second-order valence-electron chi connectivity index (χ2n) is 4.13. The van der Waals surface area contributed by atoms with Crippen molar-refractivity contribution in [3.8, 4) is 0 Å². The van der Waals surface area contributed by atoms with Crippen molar-refractivity contribution in [1.82, 2.24) is 10.6 Å². The van der Waals surface area contributed by atoms with Crippen molar-refractivity contribution in [2.75, 3.05) is 13.1 Å². The molecule has 2 heterocycles. The molecule has 3 heteroatoms. The molecule has 0 fully saturated rings. The molecule has 14 heavy (non-hydrogen) atoms. The molecule has 2 N–H and O–H groups in total. The van der Waals surface area contributed by atoms with Gasteiger partial charge in [0.25, 0.3) is 0 Å². The summed E-state index contributed by atoms with van der Waals surface area (Å²) < 4.78 is 0. The summed E-state index contributed by atoms with van der Waals surface area (Å²) >= 11 is 1.88. The Morgan fingerprint density at radius 1 is 1.64 bits per heavy atom. The number of hydrogen-bond acceptors (Lipinski definition) is 3. The van der Waals surface area contributed by atoms with Crippen molar-refractivity contribution in [2.45, 2.75) is 32.4 Å². The van der Waals surface area contributed by atoms with Crippen LogP contribution >= 0.6 is 11.3 Å². The van der Waals surface area contributed by atoms with Gasteiger partial charge >= 0.3 is 0 Å². The van der Waals surface area contributed by atoms with Gasteiger partial charge in [-0.1, -0.05) is 13.8 Å². The summed E-state index contributed by atoms with van der Waals surface area (Å²) in [7, 11) is 0. The van der Waals surface area contributed by atoms with E-state index in [0.29, 0.717) is 12.1 Å². The van der Waals surface area contributed by atoms with Crippen molar-refractivity contribution < 1.29 is 0 Å². The first-order chi connectivity index (χ1) is 6.77. The van der Waals surface area contributed by atoms with E-state index in [1.165, 1.54) is 11.3 Å². The van der Waals surface area contributed by atoms with E-state index in [9.17, 15) is 0 Å². The van der Waals surface area contributed by atoms with E-state index in [2.05, 4.69) is 35.9 Å². The standard InChI is InChI=1S/C11H18N2S/c1-8(2)13-7-10-11-9(3-5-12-10)4-6-14-11/h4,6,8,10,12-13H,3,5,7H2,1-2H3/t10-/m0/s1. The Kier molecular flexibility index (Phi) is 3.21. The SMILES string of the molecule is CC(C)NC[C@@H]1NCCc2ccsc21. The fraction of sp³-hybridized carbons (Fsp3) is 0.636. The molecule has 0 unspecified atom stereocenters. The molecule has 0 saturated heterocycles. The number of rotatable bonds is 3. The Morgan fingerprint density at radius 3 is 3.29 bits per heavy atom. The summed E-state index contributed by atoms with van der Waals surface area (Å²) in [6.07, 6.45) is 1.19. The zero-order valence-corrected chi connectivity index (χ0v) is 9.66. The summed E-state index contributed by atoms with van der Waals surface area (Å²) in [6, 6.07) is 3.37. The number of thiophene rings is 1. The van der Waals surface area contributed by atoms with Gasteiger partial charge in [-0.05, 0) is 30.0 Å². The Morgan fingerprint density at radius 2 is 2.50 bits per heavy atom. The lowest BCUT2D eigenvalue weighted by Crippen LogP contribution is -2.38. The molecule has 2 rings (SSSR count). The number of hydrogen-bond donors (Lipinski definition) is 2. The molecule has 1 aliphatic rings. The van der Waals surface area contributed by atoms with Gasteiger partial charge in [-0.2, -0.15) is 0 Å². The normalized spacial score (nSPS) is 21.2. The third-order valence-corrected chi connectivity index (χ3v) is 3.69. The van der Waals surface area contributed by atoms with Gasteiger partial charge in [-0.3, -0.25) is 0 Å². The average molecular weight is 210 g/mol. The number of fused-ring (bicyclic) bond motifs is 1. The summed E-state index contributed by atoms with van der Waals surface area (Å²) in [4.78, 5) is 1.53. The topological polar surface area (TPSA) is 24.1 Å². The lowest BCUT2D eigenvalue weighted by molar-refractivity contribution is 0.453. The molecule has 0 spiro atoms. The fourth-order valence-corrected chi connectivity index (χ4v) is 2.88. The maximum Gasteiger partial charge on any atom is 0.0544 e. The Labute approximate surface area is 89.7 Å². The van der Waals surface area contributed by atoms with Gasteiger partial charge in [0.15, 0.2) is 0 Å². The summed E-state index contributed by atoms with van der Waals surface area (Å²) in [6.45, 7) is 6.55. The Hall–Kier alpha value is -0.380. The molecule has 1 aromatic rings. The van der Waals surface area contributed by atoms with E-state index in [4.69, 9.17) is 0 Å². The quantitative estimate of drug-likeness (QED) is 0.796. The molecule has 0 aromatic carbocycles. The van der Waals surface area contributed by atoms with Crippen LogP contribution < -0.4 is 10.6 Å². The zero-order chi connectivity index (χ0) is 9.97. The smallest absolute Gasteiger partial charge is 0.0544 e. The lowest BCUT2D eigenvalue weighted by atomic mass is 10.0. The maximum absolute atomic E-state index is 3.56. The van der Waals surface area contributed by atoms with Gasteiger partial charge in [0.2, 0.25) is 0 Å². The molecule has 0 bridgehead atoms. The second-order valence-corrected chi connectivity index (χ2v) is 5.08. The molecule has 1 atom stereocenters. The molecule has 0 radical (unpaired) electrons. The van der Waals surface area contributed by atoms with E-state index in [1.54, 1.807) is 5.56 Å². The summed E-state index contributed by atoms with van der Waals surface area (Å²) in [5, 5.41) is 9.26. The zero-order valence-electron chi connectivity index (χ0n) is 8.84. The van der Waals surface area contributed by atoms with E-state index in [1.807, 2.05) is 11.3 Å². The average Bonchev–Trinajstić information content (AvgIpc) is 2.62. The highest BCUT2D eigenvalue weighted by Gasteiger charge is 2.20. The Bertz CT molecular complexity index is 293.